The van der Waals surface area contributed by atoms with Crippen LogP contribution in [0.4, 0.5) is 4.79 Å². The van der Waals surface area contributed by atoms with Crippen LogP contribution in [0.25, 0.3) is 10.9 Å². The van der Waals surface area contributed by atoms with Crippen molar-refractivity contribution in [1.82, 2.24) is 15.6 Å². The molecule has 4 bridgehead atoms. The van der Waals surface area contributed by atoms with E-state index in [2.05, 4.69) is 15.6 Å². The van der Waals surface area contributed by atoms with Crippen LogP contribution in [0, 0.1) is 23.7 Å². The first-order valence-electron chi connectivity index (χ1n) is 14.9. The summed E-state index contributed by atoms with van der Waals surface area (Å²) in [5.41, 5.74) is 1.48. The number of benzene rings is 2. The summed E-state index contributed by atoms with van der Waals surface area (Å²) >= 11 is 0. The van der Waals surface area contributed by atoms with E-state index in [4.69, 9.17) is 9.47 Å². The zero-order valence-corrected chi connectivity index (χ0v) is 23.6. The second-order valence-corrected chi connectivity index (χ2v) is 12.4. The highest BCUT2D eigenvalue weighted by molar-refractivity contribution is 5.91. The molecule has 0 radical (unpaired) electrons. The molecule has 4 saturated carbocycles. The lowest BCUT2D eigenvalue weighted by Crippen LogP contribution is -2.60. The van der Waals surface area contributed by atoms with E-state index in [1.807, 2.05) is 60.8 Å². The molecule has 0 unspecified atom stereocenters. The number of hydrogen-bond acceptors (Lipinski definition) is 5. The first-order valence-corrected chi connectivity index (χ1v) is 14.9. The Balaban J connectivity index is 1.10. The molecule has 2 aromatic carbocycles. The van der Waals surface area contributed by atoms with Gasteiger partial charge in [0.15, 0.2) is 0 Å². The van der Waals surface area contributed by atoms with Gasteiger partial charge < -0.3 is 25.1 Å². The third kappa shape index (κ3) is 6.11. The molecule has 2 amide bonds. The van der Waals surface area contributed by atoms with E-state index < -0.39 is 17.6 Å². The molecule has 8 nitrogen and oxygen atoms in total. The molecule has 4 aliphatic rings. The molecular weight excluding hydrogens is 518 g/mol. The number of aromatic nitrogens is 1. The lowest BCUT2D eigenvalue weighted by molar-refractivity contribution is -0.144. The SMILES string of the molecule is C[C@](Cc1c[nH]c2ccccc12)(NC(=O)OC1C2CC3CC(C2)CC1C3)C(=O)NCCC(=O)OCc1ccccc1. The van der Waals surface area contributed by atoms with E-state index >= 15 is 0 Å². The number of carbonyl (C=O) groups is 3. The maximum Gasteiger partial charge on any atom is 0.408 e. The molecule has 1 atom stereocenters. The summed E-state index contributed by atoms with van der Waals surface area (Å²) in [6.45, 7) is 2.00. The maximum absolute atomic E-state index is 13.6. The largest absolute Gasteiger partial charge is 0.461 e. The standard InChI is InChI=1S/C33H39N3O5/c1-33(18-26-19-35-28-10-6-5-9-27(26)28,31(38)34-12-11-29(37)40-20-21-7-3-2-4-8-21)36-32(39)41-30-24-14-22-13-23(16-24)17-25(30)15-22/h2-10,19,22-25,30,35H,11-18,20H2,1H3,(H,34,38)(H,36,39)/t22?,23?,24?,25?,30?,33-/m1/s1. The fourth-order valence-electron chi connectivity index (χ4n) is 7.57. The molecule has 4 fully saturated rings. The van der Waals surface area contributed by atoms with Crippen LogP contribution in [0.1, 0.15) is 56.6 Å². The van der Waals surface area contributed by atoms with E-state index in [9.17, 15) is 14.4 Å². The molecule has 7 rings (SSSR count). The number of esters is 1. The Hall–Kier alpha value is -3.81. The summed E-state index contributed by atoms with van der Waals surface area (Å²) in [4.78, 5) is 42.5. The first-order chi connectivity index (χ1) is 19.9. The average Bonchev–Trinajstić information content (AvgIpc) is 3.36. The zero-order valence-electron chi connectivity index (χ0n) is 23.6. The molecule has 1 aromatic heterocycles. The van der Waals surface area contributed by atoms with E-state index in [-0.39, 0.29) is 38.0 Å². The number of carbonyl (C=O) groups excluding carboxylic acids is 3. The van der Waals surface area contributed by atoms with Crippen molar-refractivity contribution in [2.75, 3.05) is 6.54 Å². The molecule has 0 aliphatic heterocycles. The number of nitrogens with one attached hydrogen (secondary N) is 3. The van der Waals surface area contributed by atoms with Crippen LogP contribution in [0.5, 0.6) is 0 Å². The number of para-hydroxylation sites is 1. The quantitative estimate of drug-likeness (QED) is 0.294. The second-order valence-electron chi connectivity index (χ2n) is 12.4. The fraction of sp³-hybridized carbons (Fsp3) is 0.485. The van der Waals surface area contributed by atoms with Gasteiger partial charge in [-0.25, -0.2) is 4.79 Å². The smallest absolute Gasteiger partial charge is 0.408 e. The van der Waals surface area contributed by atoms with E-state index in [0.29, 0.717) is 11.8 Å². The minimum Gasteiger partial charge on any atom is -0.461 e. The molecule has 0 spiro atoms. The Bertz CT molecular complexity index is 1370. The molecule has 216 valence electrons. The second kappa shape index (κ2) is 11.6. The van der Waals surface area contributed by atoms with Crippen LogP contribution in [-0.4, -0.2) is 41.1 Å². The summed E-state index contributed by atoms with van der Waals surface area (Å²) in [5, 5.41) is 6.78. The van der Waals surface area contributed by atoms with E-state index in [1.54, 1.807) is 6.92 Å². The van der Waals surface area contributed by atoms with Crippen molar-refractivity contribution >= 4 is 28.9 Å². The van der Waals surface area contributed by atoms with Gasteiger partial charge in [-0.05, 0) is 79.9 Å². The Kier molecular flexibility index (Phi) is 7.73. The van der Waals surface area contributed by atoms with Gasteiger partial charge in [0.25, 0.3) is 0 Å². The van der Waals surface area contributed by atoms with Gasteiger partial charge in [0.1, 0.15) is 18.2 Å². The van der Waals surface area contributed by atoms with Crippen molar-refractivity contribution in [1.29, 1.82) is 0 Å². The highest BCUT2D eigenvalue weighted by Crippen LogP contribution is 2.54. The van der Waals surface area contributed by atoms with Gasteiger partial charge in [-0.3, -0.25) is 9.59 Å². The van der Waals surface area contributed by atoms with Crippen molar-refractivity contribution in [2.45, 2.75) is 70.1 Å². The van der Waals surface area contributed by atoms with Gasteiger partial charge in [-0.2, -0.15) is 0 Å². The lowest BCUT2D eigenvalue weighted by Gasteiger charge is -2.53. The third-order valence-electron chi connectivity index (χ3n) is 9.34. The Morgan fingerprint density at radius 3 is 2.34 bits per heavy atom. The van der Waals surface area contributed by atoms with Crippen molar-refractivity contribution < 1.29 is 23.9 Å². The molecule has 3 aromatic rings. The monoisotopic (exact) mass is 557 g/mol. The number of H-pyrrole nitrogens is 1. The van der Waals surface area contributed by atoms with Crippen LogP contribution in [0.2, 0.25) is 0 Å². The van der Waals surface area contributed by atoms with Gasteiger partial charge in [0.2, 0.25) is 5.91 Å². The zero-order chi connectivity index (χ0) is 28.4. The topological polar surface area (TPSA) is 110 Å². The summed E-state index contributed by atoms with van der Waals surface area (Å²) in [7, 11) is 0. The highest BCUT2D eigenvalue weighted by Gasteiger charge is 2.50. The number of alkyl carbamates (subject to hydrolysis) is 1. The number of aromatic amines is 1. The molecular formula is C33H39N3O5. The highest BCUT2D eigenvalue weighted by atomic mass is 16.6. The number of amides is 2. The normalized spacial score (nSPS) is 25.8. The number of hydrogen-bond donors (Lipinski definition) is 3. The molecule has 8 heteroatoms. The molecule has 0 saturated heterocycles. The summed E-state index contributed by atoms with van der Waals surface area (Å²) in [6, 6.07) is 17.3. The predicted molar refractivity (Wildman–Crippen MR) is 155 cm³/mol. The number of rotatable bonds is 10. The molecule has 4 aliphatic carbocycles. The summed E-state index contributed by atoms with van der Waals surface area (Å²) in [6.07, 6.45) is 7.41. The van der Waals surface area contributed by atoms with Crippen LogP contribution in [0.15, 0.2) is 60.8 Å². The van der Waals surface area contributed by atoms with E-state index in [0.717, 1.165) is 59.5 Å². The van der Waals surface area contributed by atoms with Crippen LogP contribution in [0.3, 0.4) is 0 Å². The molecule has 3 N–H and O–H groups in total. The van der Waals surface area contributed by atoms with Crippen LogP contribution < -0.4 is 10.6 Å². The lowest BCUT2D eigenvalue weighted by atomic mass is 9.55. The van der Waals surface area contributed by atoms with Crippen LogP contribution in [-0.2, 0) is 32.1 Å². The number of fused-ring (bicyclic) bond motifs is 1. The van der Waals surface area contributed by atoms with Crippen LogP contribution >= 0.6 is 0 Å². The minimum atomic E-state index is -1.29. The van der Waals surface area contributed by atoms with Crippen molar-refractivity contribution in [3.8, 4) is 0 Å². The Labute approximate surface area is 240 Å². The van der Waals surface area contributed by atoms with Crippen molar-refractivity contribution in [3.05, 3.63) is 71.9 Å². The molecule has 1 heterocycles. The Morgan fingerprint density at radius 2 is 1.61 bits per heavy atom. The van der Waals surface area contributed by atoms with Gasteiger partial charge in [-0.15, -0.1) is 0 Å². The first kappa shape index (κ1) is 27.4. The van der Waals surface area contributed by atoms with Gasteiger partial charge in [-0.1, -0.05) is 48.5 Å². The predicted octanol–water partition coefficient (Wildman–Crippen LogP) is 5.27. The number of ether oxygens (including phenoxy) is 2. The fourth-order valence-corrected chi connectivity index (χ4v) is 7.57. The summed E-state index contributed by atoms with van der Waals surface area (Å²) in [5.74, 6) is 1.62. The van der Waals surface area contributed by atoms with E-state index in [1.165, 1.54) is 6.42 Å². The maximum atomic E-state index is 13.6. The van der Waals surface area contributed by atoms with Gasteiger partial charge >= 0.3 is 12.1 Å². The van der Waals surface area contributed by atoms with Crippen molar-refractivity contribution in [2.24, 2.45) is 23.7 Å². The Morgan fingerprint density at radius 1 is 0.927 bits per heavy atom. The minimum absolute atomic E-state index is 0.0277. The van der Waals surface area contributed by atoms with Gasteiger partial charge in [0.05, 0.1) is 6.42 Å². The van der Waals surface area contributed by atoms with Gasteiger partial charge in [0, 0.05) is 30.1 Å². The third-order valence-corrected chi connectivity index (χ3v) is 9.34. The average molecular weight is 558 g/mol. The van der Waals surface area contributed by atoms with Crippen molar-refractivity contribution in [3.63, 3.8) is 0 Å². The molecule has 41 heavy (non-hydrogen) atoms. The summed E-state index contributed by atoms with van der Waals surface area (Å²) < 4.78 is 11.4.